The highest BCUT2D eigenvalue weighted by molar-refractivity contribution is 6.17. The Labute approximate surface area is 93.1 Å². The summed E-state index contributed by atoms with van der Waals surface area (Å²) >= 11 is 5.42. The Balaban J connectivity index is 3.98. The largest absolute Gasteiger partial charge is 0.480 e. The van der Waals surface area contributed by atoms with Crippen LogP contribution in [0.5, 0.6) is 0 Å². The van der Waals surface area contributed by atoms with Crippen LogP contribution in [0.1, 0.15) is 12.8 Å². The third kappa shape index (κ3) is 6.79. The van der Waals surface area contributed by atoms with Gasteiger partial charge in [-0.05, 0) is 12.8 Å². The predicted molar refractivity (Wildman–Crippen MR) is 56.1 cm³/mol. The molecule has 1 amide bonds. The molecular weight excluding hydrogens is 222 g/mol. The first kappa shape index (κ1) is 13.8. The normalized spacial score (nSPS) is 11.5. The van der Waals surface area contributed by atoms with Gasteiger partial charge in [0.15, 0.2) is 0 Å². The Morgan fingerprint density at radius 2 is 2.27 bits per heavy atom. The molecule has 0 rings (SSSR count). The molecule has 0 aliphatic rings. The van der Waals surface area contributed by atoms with Crippen LogP contribution in [0.2, 0.25) is 0 Å². The number of carboxylic acid groups (broad SMARTS) is 1. The van der Waals surface area contributed by atoms with Crippen LogP contribution in [0.25, 0.3) is 0 Å². The highest BCUT2D eigenvalue weighted by Crippen LogP contribution is 2.00. The molecule has 0 saturated carbocycles. The number of hydrogen-bond acceptors (Lipinski definition) is 3. The zero-order valence-corrected chi connectivity index (χ0v) is 9.00. The lowest BCUT2D eigenvalue weighted by Crippen LogP contribution is -2.41. The van der Waals surface area contributed by atoms with Gasteiger partial charge in [-0.1, -0.05) is 12.7 Å². The van der Waals surface area contributed by atoms with Gasteiger partial charge in [0, 0.05) is 5.88 Å². The van der Waals surface area contributed by atoms with Crippen LogP contribution in [-0.4, -0.2) is 35.7 Å². The van der Waals surface area contributed by atoms with E-state index in [4.69, 9.17) is 16.7 Å². The van der Waals surface area contributed by atoms with Gasteiger partial charge in [0.2, 0.25) is 0 Å². The fourth-order valence-electron chi connectivity index (χ4n) is 0.857. The van der Waals surface area contributed by atoms with Crippen molar-refractivity contribution < 1.29 is 19.4 Å². The van der Waals surface area contributed by atoms with E-state index in [9.17, 15) is 9.59 Å². The van der Waals surface area contributed by atoms with Gasteiger partial charge < -0.3 is 15.2 Å². The lowest BCUT2D eigenvalue weighted by molar-refractivity contribution is -0.139. The molecule has 2 N–H and O–H groups in total. The monoisotopic (exact) mass is 235 g/mol. The van der Waals surface area contributed by atoms with Crippen molar-refractivity contribution >= 4 is 23.7 Å². The number of carbonyl (C=O) groups excluding carboxylic acids is 1. The van der Waals surface area contributed by atoms with Gasteiger partial charge >= 0.3 is 12.1 Å². The Kier molecular flexibility index (Phi) is 7.44. The van der Waals surface area contributed by atoms with Crippen LogP contribution in [0.15, 0.2) is 12.7 Å². The van der Waals surface area contributed by atoms with Crippen LogP contribution >= 0.6 is 11.6 Å². The van der Waals surface area contributed by atoms with E-state index in [1.165, 1.54) is 6.08 Å². The first-order valence-electron chi connectivity index (χ1n) is 4.44. The van der Waals surface area contributed by atoms with Crippen LogP contribution in [0.4, 0.5) is 4.79 Å². The molecule has 0 aromatic heterocycles. The molecule has 0 aliphatic heterocycles. The van der Waals surface area contributed by atoms with Gasteiger partial charge in [-0.2, -0.15) is 0 Å². The minimum absolute atomic E-state index is 0.0493. The average Bonchev–Trinajstić information content (AvgIpc) is 2.20. The summed E-state index contributed by atoms with van der Waals surface area (Å²) in [5.41, 5.74) is 0. The number of hydrogen-bond donors (Lipinski definition) is 2. The van der Waals surface area contributed by atoms with Crippen molar-refractivity contribution in [1.29, 1.82) is 0 Å². The molecule has 0 saturated heterocycles. The molecule has 0 unspecified atom stereocenters. The second-order valence-electron chi connectivity index (χ2n) is 2.75. The molecule has 0 heterocycles. The van der Waals surface area contributed by atoms with Gasteiger partial charge in [0.25, 0.3) is 0 Å². The van der Waals surface area contributed by atoms with Crippen molar-refractivity contribution in [2.75, 3.05) is 12.5 Å². The summed E-state index contributed by atoms with van der Waals surface area (Å²) in [7, 11) is 0. The minimum Gasteiger partial charge on any atom is -0.480 e. The van der Waals surface area contributed by atoms with E-state index in [0.717, 1.165) is 0 Å². The zero-order valence-electron chi connectivity index (χ0n) is 8.24. The van der Waals surface area contributed by atoms with E-state index >= 15 is 0 Å². The van der Waals surface area contributed by atoms with E-state index < -0.39 is 18.1 Å². The van der Waals surface area contributed by atoms with E-state index in [0.29, 0.717) is 12.3 Å². The molecule has 15 heavy (non-hydrogen) atoms. The molecule has 0 aromatic carbocycles. The highest BCUT2D eigenvalue weighted by atomic mass is 35.5. The van der Waals surface area contributed by atoms with Crippen molar-refractivity contribution in [1.82, 2.24) is 5.32 Å². The maximum Gasteiger partial charge on any atom is 0.408 e. The van der Waals surface area contributed by atoms with Gasteiger partial charge in [-0.15, -0.1) is 11.6 Å². The summed E-state index contributed by atoms with van der Waals surface area (Å²) < 4.78 is 4.59. The molecular formula is C9H14ClNO4. The zero-order chi connectivity index (χ0) is 11.7. The van der Waals surface area contributed by atoms with E-state index in [1.54, 1.807) is 0 Å². The number of rotatable bonds is 7. The number of amides is 1. The van der Waals surface area contributed by atoms with Crippen molar-refractivity contribution in [3.8, 4) is 0 Å². The highest BCUT2D eigenvalue weighted by Gasteiger charge is 2.19. The quantitative estimate of drug-likeness (QED) is 0.516. The molecule has 0 fully saturated rings. The molecule has 5 nitrogen and oxygen atoms in total. The summed E-state index contributed by atoms with van der Waals surface area (Å²) in [5, 5.41) is 11.0. The summed E-state index contributed by atoms with van der Waals surface area (Å²) in [6.45, 7) is 3.41. The second kappa shape index (κ2) is 8.11. The van der Waals surface area contributed by atoms with Gasteiger partial charge in [-0.25, -0.2) is 9.59 Å². The van der Waals surface area contributed by atoms with Crippen molar-refractivity contribution in [2.24, 2.45) is 0 Å². The Hall–Kier alpha value is -1.23. The number of halogens is 1. The smallest absolute Gasteiger partial charge is 0.408 e. The van der Waals surface area contributed by atoms with Crippen molar-refractivity contribution in [3.63, 3.8) is 0 Å². The number of nitrogens with one attached hydrogen (secondary N) is 1. The number of aliphatic carboxylic acids is 1. The first-order valence-corrected chi connectivity index (χ1v) is 4.98. The molecule has 0 spiro atoms. The summed E-state index contributed by atoms with van der Waals surface area (Å²) in [6, 6.07) is -0.957. The molecule has 0 aliphatic carbocycles. The van der Waals surface area contributed by atoms with Crippen LogP contribution in [-0.2, 0) is 9.53 Å². The maximum absolute atomic E-state index is 11.0. The fraction of sp³-hybridized carbons (Fsp3) is 0.556. The lowest BCUT2D eigenvalue weighted by Gasteiger charge is -2.13. The number of carbonyl (C=O) groups is 2. The molecule has 6 heteroatoms. The van der Waals surface area contributed by atoms with Crippen LogP contribution in [0, 0.1) is 0 Å². The maximum atomic E-state index is 11.0. The Morgan fingerprint density at radius 3 is 2.73 bits per heavy atom. The Morgan fingerprint density at radius 1 is 1.60 bits per heavy atom. The van der Waals surface area contributed by atoms with Crippen molar-refractivity contribution in [2.45, 2.75) is 18.9 Å². The summed E-state index contributed by atoms with van der Waals surface area (Å²) in [4.78, 5) is 21.7. The third-order valence-corrected chi connectivity index (χ3v) is 1.82. The molecule has 0 bridgehead atoms. The predicted octanol–water partition coefficient (Wildman–Crippen LogP) is 1.37. The standard InChI is InChI=1S/C9H14ClNO4/c1-2-6-15-9(14)11-7(8(12)13)4-3-5-10/h2,7H,1,3-6H2,(H,11,14)(H,12,13)/t7-/m0/s1. The molecule has 86 valence electrons. The number of carboxylic acids is 1. The van der Waals surface area contributed by atoms with Crippen molar-refractivity contribution in [3.05, 3.63) is 12.7 Å². The first-order chi connectivity index (χ1) is 7.11. The molecule has 1 atom stereocenters. The number of alkyl halides is 1. The summed E-state index contributed by atoms with van der Waals surface area (Å²) in [5.74, 6) is -0.747. The van der Waals surface area contributed by atoms with Crippen LogP contribution in [0.3, 0.4) is 0 Å². The number of ether oxygens (including phenoxy) is 1. The summed E-state index contributed by atoms with van der Waals surface area (Å²) in [6.07, 6.45) is 1.42. The molecule has 0 radical (unpaired) electrons. The third-order valence-electron chi connectivity index (χ3n) is 1.55. The molecule has 0 aromatic rings. The topological polar surface area (TPSA) is 75.6 Å². The Bertz CT molecular complexity index is 232. The van der Waals surface area contributed by atoms with E-state index in [1.807, 2.05) is 0 Å². The van der Waals surface area contributed by atoms with Crippen LogP contribution < -0.4 is 5.32 Å². The van der Waals surface area contributed by atoms with E-state index in [2.05, 4.69) is 16.6 Å². The fourth-order valence-corrected chi connectivity index (χ4v) is 1.01. The number of alkyl carbamates (subject to hydrolysis) is 1. The average molecular weight is 236 g/mol. The SMILES string of the molecule is C=CCOC(=O)N[C@@H](CCCCl)C(=O)O. The second-order valence-corrected chi connectivity index (χ2v) is 3.13. The minimum atomic E-state index is -1.10. The lowest BCUT2D eigenvalue weighted by atomic mass is 10.2. The van der Waals surface area contributed by atoms with Gasteiger partial charge in [0.1, 0.15) is 12.6 Å². The van der Waals surface area contributed by atoms with Gasteiger partial charge in [-0.3, -0.25) is 0 Å². The van der Waals surface area contributed by atoms with Gasteiger partial charge in [0.05, 0.1) is 0 Å². The van der Waals surface area contributed by atoms with E-state index in [-0.39, 0.29) is 13.0 Å².